The summed E-state index contributed by atoms with van der Waals surface area (Å²) in [7, 11) is 1.49. The summed E-state index contributed by atoms with van der Waals surface area (Å²) in [4.78, 5) is 11.2. The molecule has 0 aliphatic rings. The quantitative estimate of drug-likeness (QED) is 0.784. The van der Waals surface area contributed by atoms with Gasteiger partial charge in [0.2, 0.25) is 5.91 Å². The molecular formula is C15H13FINO3. The third kappa shape index (κ3) is 3.84. The summed E-state index contributed by atoms with van der Waals surface area (Å²) in [5.41, 5.74) is 6.44. The van der Waals surface area contributed by atoms with E-state index in [0.29, 0.717) is 20.6 Å². The summed E-state index contributed by atoms with van der Waals surface area (Å²) in [5.74, 6) is 0.123. The number of primary amides is 1. The molecule has 0 aromatic heterocycles. The lowest BCUT2D eigenvalue weighted by molar-refractivity contribution is 0.1000. The van der Waals surface area contributed by atoms with Gasteiger partial charge in [-0.05, 0) is 52.4 Å². The first-order valence-corrected chi connectivity index (χ1v) is 7.13. The van der Waals surface area contributed by atoms with Crippen LogP contribution in [-0.2, 0) is 6.61 Å². The molecule has 1 amide bonds. The molecule has 2 aromatic carbocycles. The van der Waals surface area contributed by atoms with Gasteiger partial charge in [0, 0.05) is 5.56 Å². The SMILES string of the molecule is COc1cc(C(N)=O)cc(I)c1OCc1ccc(F)cc1. The lowest BCUT2D eigenvalue weighted by Crippen LogP contribution is -2.12. The van der Waals surface area contributed by atoms with E-state index in [2.05, 4.69) is 0 Å². The van der Waals surface area contributed by atoms with E-state index in [1.807, 2.05) is 22.6 Å². The summed E-state index contributed by atoms with van der Waals surface area (Å²) in [6, 6.07) is 9.20. The molecule has 0 atom stereocenters. The van der Waals surface area contributed by atoms with Crippen LogP contribution in [0.3, 0.4) is 0 Å². The largest absolute Gasteiger partial charge is 0.493 e. The van der Waals surface area contributed by atoms with Crippen LogP contribution in [0.4, 0.5) is 4.39 Å². The van der Waals surface area contributed by atoms with Crippen molar-refractivity contribution in [2.75, 3.05) is 7.11 Å². The van der Waals surface area contributed by atoms with Crippen LogP contribution in [0.2, 0.25) is 0 Å². The number of benzene rings is 2. The smallest absolute Gasteiger partial charge is 0.248 e. The highest BCUT2D eigenvalue weighted by Gasteiger charge is 2.14. The van der Waals surface area contributed by atoms with Crippen molar-refractivity contribution in [3.63, 3.8) is 0 Å². The van der Waals surface area contributed by atoms with Crippen molar-refractivity contribution in [1.29, 1.82) is 0 Å². The van der Waals surface area contributed by atoms with Gasteiger partial charge in [-0.2, -0.15) is 0 Å². The molecule has 110 valence electrons. The minimum Gasteiger partial charge on any atom is -0.493 e. The highest BCUT2D eigenvalue weighted by atomic mass is 127. The second-order valence-electron chi connectivity index (χ2n) is 4.27. The normalized spacial score (nSPS) is 10.2. The Bertz CT molecular complexity index is 659. The van der Waals surface area contributed by atoms with Crippen LogP contribution < -0.4 is 15.2 Å². The van der Waals surface area contributed by atoms with Gasteiger partial charge in [0.1, 0.15) is 12.4 Å². The highest BCUT2D eigenvalue weighted by Crippen LogP contribution is 2.34. The highest BCUT2D eigenvalue weighted by molar-refractivity contribution is 14.1. The molecule has 2 N–H and O–H groups in total. The van der Waals surface area contributed by atoms with E-state index in [0.717, 1.165) is 5.56 Å². The number of carbonyl (C=O) groups is 1. The zero-order valence-corrected chi connectivity index (χ0v) is 13.4. The van der Waals surface area contributed by atoms with E-state index in [1.54, 1.807) is 18.2 Å². The molecule has 2 rings (SSSR count). The number of rotatable bonds is 5. The fraction of sp³-hybridized carbons (Fsp3) is 0.133. The lowest BCUT2D eigenvalue weighted by atomic mass is 10.2. The van der Waals surface area contributed by atoms with Crippen molar-refractivity contribution in [1.82, 2.24) is 0 Å². The van der Waals surface area contributed by atoms with Crippen LogP contribution >= 0.6 is 22.6 Å². The van der Waals surface area contributed by atoms with E-state index >= 15 is 0 Å². The maximum absolute atomic E-state index is 12.8. The summed E-state index contributed by atoms with van der Waals surface area (Å²) in [6.45, 7) is 0.266. The first-order chi connectivity index (χ1) is 10.0. The Morgan fingerprint density at radius 3 is 2.52 bits per heavy atom. The van der Waals surface area contributed by atoms with Crippen LogP contribution in [0.1, 0.15) is 15.9 Å². The van der Waals surface area contributed by atoms with Crippen LogP contribution in [-0.4, -0.2) is 13.0 Å². The molecule has 0 aliphatic carbocycles. The van der Waals surface area contributed by atoms with Gasteiger partial charge in [-0.15, -0.1) is 0 Å². The Hall–Kier alpha value is -1.83. The van der Waals surface area contributed by atoms with Crippen LogP contribution in [0.25, 0.3) is 0 Å². The number of hydrogen-bond acceptors (Lipinski definition) is 3. The molecule has 0 saturated carbocycles. The Balaban J connectivity index is 2.23. The molecule has 0 spiro atoms. The number of amides is 1. The number of nitrogens with two attached hydrogens (primary N) is 1. The first kappa shape index (κ1) is 15.6. The van der Waals surface area contributed by atoms with Gasteiger partial charge in [-0.25, -0.2) is 4.39 Å². The van der Waals surface area contributed by atoms with Gasteiger partial charge in [-0.1, -0.05) is 12.1 Å². The van der Waals surface area contributed by atoms with Gasteiger partial charge < -0.3 is 15.2 Å². The second kappa shape index (κ2) is 6.75. The molecule has 0 fully saturated rings. The Morgan fingerprint density at radius 1 is 1.29 bits per heavy atom. The molecule has 0 radical (unpaired) electrons. The Morgan fingerprint density at radius 2 is 1.95 bits per heavy atom. The van der Waals surface area contributed by atoms with Crippen molar-refractivity contribution in [3.05, 3.63) is 56.9 Å². The van der Waals surface area contributed by atoms with Crippen molar-refractivity contribution in [2.45, 2.75) is 6.61 Å². The summed E-state index contributed by atoms with van der Waals surface area (Å²) < 4.78 is 24.5. The standard InChI is InChI=1S/C15H13FINO3/c1-20-13-7-10(15(18)19)6-12(17)14(13)21-8-9-2-4-11(16)5-3-9/h2-7H,8H2,1H3,(H2,18,19). The molecule has 0 unspecified atom stereocenters. The van der Waals surface area contributed by atoms with Gasteiger partial charge in [0.05, 0.1) is 10.7 Å². The average Bonchev–Trinajstić information content (AvgIpc) is 2.46. The summed E-state index contributed by atoms with van der Waals surface area (Å²) >= 11 is 2.04. The molecule has 4 nitrogen and oxygen atoms in total. The van der Waals surface area contributed by atoms with E-state index in [4.69, 9.17) is 15.2 Å². The minimum absolute atomic E-state index is 0.266. The average molecular weight is 401 g/mol. The molecule has 6 heteroatoms. The fourth-order valence-electron chi connectivity index (χ4n) is 1.74. The van der Waals surface area contributed by atoms with Gasteiger partial charge >= 0.3 is 0 Å². The van der Waals surface area contributed by atoms with Crippen molar-refractivity contribution < 1.29 is 18.7 Å². The Kier molecular flexibility index (Phi) is 5.00. The monoisotopic (exact) mass is 401 g/mol. The number of methoxy groups -OCH3 is 1. The maximum Gasteiger partial charge on any atom is 0.248 e. The third-order valence-electron chi connectivity index (χ3n) is 2.81. The minimum atomic E-state index is -0.531. The number of halogens is 2. The maximum atomic E-state index is 12.8. The molecule has 0 saturated heterocycles. The molecular weight excluding hydrogens is 388 g/mol. The van der Waals surface area contributed by atoms with E-state index in [1.165, 1.54) is 25.3 Å². The van der Waals surface area contributed by atoms with Crippen LogP contribution in [0.5, 0.6) is 11.5 Å². The molecule has 2 aromatic rings. The van der Waals surface area contributed by atoms with E-state index in [9.17, 15) is 9.18 Å². The topological polar surface area (TPSA) is 61.5 Å². The van der Waals surface area contributed by atoms with Gasteiger partial charge in [0.25, 0.3) is 0 Å². The van der Waals surface area contributed by atoms with E-state index < -0.39 is 5.91 Å². The predicted molar refractivity (Wildman–Crippen MR) is 85.0 cm³/mol. The second-order valence-corrected chi connectivity index (χ2v) is 5.43. The number of hydrogen-bond donors (Lipinski definition) is 1. The van der Waals surface area contributed by atoms with Crippen molar-refractivity contribution in [3.8, 4) is 11.5 Å². The predicted octanol–water partition coefficient (Wildman–Crippen LogP) is 3.12. The Labute approximate surface area is 135 Å². The summed E-state index contributed by atoms with van der Waals surface area (Å²) in [6.07, 6.45) is 0. The lowest BCUT2D eigenvalue weighted by Gasteiger charge is -2.13. The molecule has 21 heavy (non-hydrogen) atoms. The van der Waals surface area contributed by atoms with E-state index in [-0.39, 0.29) is 12.4 Å². The van der Waals surface area contributed by atoms with Gasteiger partial charge in [-0.3, -0.25) is 4.79 Å². The van der Waals surface area contributed by atoms with Crippen molar-refractivity contribution in [2.24, 2.45) is 5.73 Å². The van der Waals surface area contributed by atoms with Crippen LogP contribution in [0, 0.1) is 9.39 Å². The number of carbonyl (C=O) groups excluding carboxylic acids is 1. The third-order valence-corrected chi connectivity index (χ3v) is 3.61. The van der Waals surface area contributed by atoms with Crippen LogP contribution in [0.15, 0.2) is 36.4 Å². The summed E-state index contributed by atoms with van der Waals surface area (Å²) in [5, 5.41) is 0. The molecule has 0 heterocycles. The molecule has 0 aliphatic heterocycles. The zero-order chi connectivity index (χ0) is 15.4. The van der Waals surface area contributed by atoms with Gasteiger partial charge in [0.15, 0.2) is 11.5 Å². The number of ether oxygens (including phenoxy) is 2. The zero-order valence-electron chi connectivity index (χ0n) is 11.2. The first-order valence-electron chi connectivity index (χ1n) is 6.06. The van der Waals surface area contributed by atoms with Crippen molar-refractivity contribution >= 4 is 28.5 Å². The fourth-order valence-corrected chi connectivity index (χ4v) is 2.50. The molecule has 0 bridgehead atoms.